The minimum Gasteiger partial charge on any atom is -0.385 e. The van der Waals surface area contributed by atoms with E-state index >= 15 is 0 Å². The first-order valence-electron chi connectivity index (χ1n) is 7.07. The van der Waals surface area contributed by atoms with Crippen LogP contribution in [-0.4, -0.2) is 21.3 Å². The molecule has 0 amide bonds. The topological polar surface area (TPSA) is 42.7 Å². The van der Waals surface area contributed by atoms with Crippen molar-refractivity contribution in [2.24, 2.45) is 7.05 Å². The summed E-state index contributed by atoms with van der Waals surface area (Å²) in [6, 6.07) is 20.2. The fourth-order valence-electron chi connectivity index (χ4n) is 2.22. The molecule has 0 saturated carbocycles. The minimum absolute atomic E-state index is 0.785. The summed E-state index contributed by atoms with van der Waals surface area (Å²) in [6.07, 6.45) is 0.839. The van der Waals surface area contributed by atoms with Crippen molar-refractivity contribution in [1.29, 1.82) is 0 Å². The Hall–Kier alpha value is -2.62. The number of rotatable bonds is 5. The molecule has 4 nitrogen and oxygen atoms in total. The van der Waals surface area contributed by atoms with Crippen LogP contribution in [0, 0.1) is 0 Å². The average molecular weight is 278 g/mol. The first-order valence-corrected chi connectivity index (χ1v) is 7.07. The number of hydrogen-bond donors (Lipinski definition) is 1. The summed E-state index contributed by atoms with van der Waals surface area (Å²) >= 11 is 0. The summed E-state index contributed by atoms with van der Waals surface area (Å²) in [7, 11) is 1.94. The van der Waals surface area contributed by atoms with Gasteiger partial charge < -0.3 is 5.32 Å². The molecule has 0 aliphatic rings. The molecule has 3 rings (SSSR count). The lowest BCUT2D eigenvalue weighted by atomic mass is 10.2. The van der Waals surface area contributed by atoms with Gasteiger partial charge in [-0.1, -0.05) is 48.5 Å². The number of para-hydroxylation sites is 1. The molecule has 0 atom stereocenters. The zero-order chi connectivity index (χ0) is 14.5. The van der Waals surface area contributed by atoms with E-state index in [1.54, 1.807) is 0 Å². The van der Waals surface area contributed by atoms with Crippen LogP contribution in [0.2, 0.25) is 0 Å². The van der Waals surface area contributed by atoms with Gasteiger partial charge in [0, 0.05) is 31.3 Å². The van der Waals surface area contributed by atoms with Crippen LogP contribution in [0.4, 0.5) is 5.69 Å². The van der Waals surface area contributed by atoms with Gasteiger partial charge in [0.2, 0.25) is 0 Å². The molecule has 4 heteroatoms. The number of nitrogens with one attached hydrogen (secondary N) is 1. The summed E-state index contributed by atoms with van der Waals surface area (Å²) in [5.41, 5.74) is 2.18. The van der Waals surface area contributed by atoms with Gasteiger partial charge in [-0.05, 0) is 12.1 Å². The molecule has 0 aliphatic carbocycles. The molecule has 0 spiro atoms. The molecule has 1 heterocycles. The molecule has 0 fully saturated rings. The number of benzene rings is 2. The second-order valence-corrected chi connectivity index (χ2v) is 4.88. The average Bonchev–Trinajstić information content (AvgIpc) is 2.91. The van der Waals surface area contributed by atoms with Gasteiger partial charge >= 0.3 is 0 Å². The van der Waals surface area contributed by atoms with E-state index in [9.17, 15) is 0 Å². The molecule has 0 radical (unpaired) electrons. The number of aromatic nitrogens is 3. The lowest BCUT2D eigenvalue weighted by Gasteiger charge is -2.05. The van der Waals surface area contributed by atoms with Crippen LogP contribution in [0.15, 0.2) is 60.7 Å². The molecule has 2 aromatic carbocycles. The third-order valence-electron chi connectivity index (χ3n) is 3.34. The van der Waals surface area contributed by atoms with Crippen molar-refractivity contribution >= 4 is 5.69 Å². The lowest BCUT2D eigenvalue weighted by Crippen LogP contribution is -2.09. The van der Waals surface area contributed by atoms with Gasteiger partial charge in [0.15, 0.2) is 5.82 Å². The largest absolute Gasteiger partial charge is 0.385 e. The van der Waals surface area contributed by atoms with Crippen molar-refractivity contribution in [2.45, 2.75) is 6.42 Å². The predicted octanol–water partition coefficient (Wildman–Crippen LogP) is 3.14. The van der Waals surface area contributed by atoms with E-state index in [1.165, 1.54) is 0 Å². The van der Waals surface area contributed by atoms with Crippen LogP contribution in [0.1, 0.15) is 5.82 Å². The molecule has 106 valence electrons. The first-order chi connectivity index (χ1) is 10.3. The number of aryl methyl sites for hydroxylation is 1. The van der Waals surface area contributed by atoms with E-state index < -0.39 is 0 Å². The Bertz CT molecular complexity index is 689. The Morgan fingerprint density at radius 1 is 0.952 bits per heavy atom. The van der Waals surface area contributed by atoms with Crippen LogP contribution in [0.25, 0.3) is 11.4 Å². The summed E-state index contributed by atoms with van der Waals surface area (Å²) in [5.74, 6) is 1.77. The SMILES string of the molecule is Cn1nc(-c2ccccc2)nc1CCNc1ccccc1. The van der Waals surface area contributed by atoms with E-state index in [0.29, 0.717) is 0 Å². The molecular weight excluding hydrogens is 260 g/mol. The summed E-state index contributed by atoms with van der Waals surface area (Å²) in [5, 5.41) is 7.87. The van der Waals surface area contributed by atoms with Crippen molar-refractivity contribution < 1.29 is 0 Å². The van der Waals surface area contributed by atoms with Gasteiger partial charge in [-0.2, -0.15) is 5.10 Å². The quantitative estimate of drug-likeness (QED) is 0.779. The monoisotopic (exact) mass is 278 g/mol. The highest BCUT2D eigenvalue weighted by atomic mass is 15.3. The van der Waals surface area contributed by atoms with E-state index in [4.69, 9.17) is 0 Å². The zero-order valence-corrected chi connectivity index (χ0v) is 12.0. The predicted molar refractivity (Wildman–Crippen MR) is 85.1 cm³/mol. The van der Waals surface area contributed by atoms with Crippen molar-refractivity contribution in [2.75, 3.05) is 11.9 Å². The first kappa shape index (κ1) is 13.4. The van der Waals surface area contributed by atoms with Gasteiger partial charge in [0.25, 0.3) is 0 Å². The summed E-state index contributed by atoms with van der Waals surface area (Å²) < 4.78 is 1.86. The standard InChI is InChI=1S/C17H18N4/c1-21-16(12-13-18-15-10-6-3-7-11-15)19-17(20-21)14-8-4-2-5-9-14/h2-11,18H,12-13H2,1H3. The van der Waals surface area contributed by atoms with Gasteiger partial charge in [0.1, 0.15) is 5.82 Å². The molecular formula is C17H18N4. The maximum atomic E-state index is 4.62. The molecule has 0 unspecified atom stereocenters. The van der Waals surface area contributed by atoms with Gasteiger partial charge in [-0.3, -0.25) is 4.68 Å². The lowest BCUT2D eigenvalue weighted by molar-refractivity contribution is 0.702. The van der Waals surface area contributed by atoms with Crippen molar-refractivity contribution in [3.8, 4) is 11.4 Å². The van der Waals surface area contributed by atoms with Crippen LogP contribution < -0.4 is 5.32 Å². The molecule has 1 N–H and O–H groups in total. The number of nitrogens with zero attached hydrogens (tertiary/aromatic N) is 3. The van der Waals surface area contributed by atoms with Gasteiger partial charge in [-0.15, -0.1) is 0 Å². The van der Waals surface area contributed by atoms with Crippen LogP contribution in [0.3, 0.4) is 0 Å². The highest BCUT2D eigenvalue weighted by Gasteiger charge is 2.08. The van der Waals surface area contributed by atoms with Crippen LogP contribution in [-0.2, 0) is 13.5 Å². The second kappa shape index (κ2) is 6.22. The van der Waals surface area contributed by atoms with E-state index in [0.717, 1.165) is 35.9 Å². The summed E-state index contributed by atoms with van der Waals surface area (Å²) in [4.78, 5) is 4.62. The molecule has 1 aromatic heterocycles. The molecule has 0 aliphatic heterocycles. The third kappa shape index (κ3) is 3.28. The fourth-order valence-corrected chi connectivity index (χ4v) is 2.22. The Morgan fingerprint density at radius 2 is 1.62 bits per heavy atom. The molecule has 0 bridgehead atoms. The second-order valence-electron chi connectivity index (χ2n) is 4.88. The maximum Gasteiger partial charge on any atom is 0.181 e. The van der Waals surface area contributed by atoms with E-state index in [-0.39, 0.29) is 0 Å². The van der Waals surface area contributed by atoms with Gasteiger partial charge in [-0.25, -0.2) is 4.98 Å². The smallest absolute Gasteiger partial charge is 0.181 e. The zero-order valence-electron chi connectivity index (χ0n) is 12.0. The van der Waals surface area contributed by atoms with Crippen molar-refractivity contribution in [3.63, 3.8) is 0 Å². The maximum absolute atomic E-state index is 4.62. The van der Waals surface area contributed by atoms with Crippen molar-refractivity contribution in [1.82, 2.24) is 14.8 Å². The van der Waals surface area contributed by atoms with Crippen LogP contribution >= 0.6 is 0 Å². The minimum atomic E-state index is 0.785. The Kier molecular flexibility index (Phi) is 3.96. The molecule has 3 aromatic rings. The summed E-state index contributed by atoms with van der Waals surface area (Å²) in [6.45, 7) is 0.838. The molecule has 21 heavy (non-hydrogen) atoms. The van der Waals surface area contributed by atoms with E-state index in [1.807, 2.05) is 60.3 Å². The highest BCUT2D eigenvalue weighted by molar-refractivity contribution is 5.54. The van der Waals surface area contributed by atoms with Crippen molar-refractivity contribution in [3.05, 3.63) is 66.5 Å². The Balaban J connectivity index is 1.65. The Labute approximate surface area is 124 Å². The third-order valence-corrected chi connectivity index (χ3v) is 3.34. The van der Waals surface area contributed by atoms with Gasteiger partial charge in [0.05, 0.1) is 0 Å². The number of anilines is 1. The van der Waals surface area contributed by atoms with E-state index in [2.05, 4.69) is 27.5 Å². The van der Waals surface area contributed by atoms with Crippen LogP contribution in [0.5, 0.6) is 0 Å². The fraction of sp³-hybridized carbons (Fsp3) is 0.176. The Morgan fingerprint density at radius 3 is 2.33 bits per heavy atom. The number of hydrogen-bond acceptors (Lipinski definition) is 3. The normalized spacial score (nSPS) is 10.5. The molecule has 0 saturated heterocycles. The highest BCUT2D eigenvalue weighted by Crippen LogP contribution is 2.14.